The maximum Gasteiger partial charge on any atom is 0.251 e. The van der Waals surface area contributed by atoms with Crippen molar-refractivity contribution in [2.75, 3.05) is 0 Å². The van der Waals surface area contributed by atoms with Crippen molar-refractivity contribution < 1.29 is 18.7 Å². The average molecular weight is 365 g/mol. The summed E-state index contributed by atoms with van der Waals surface area (Å²) in [4.78, 5) is 27.5. The zero-order valence-electron chi connectivity index (χ0n) is 14.2. The minimum Gasteiger partial charge on any atom is -0.439 e. The molecule has 2 aromatic carbocycles. The first kappa shape index (κ1) is 18.1. The number of primary amides is 1. The van der Waals surface area contributed by atoms with Crippen molar-refractivity contribution in [1.82, 2.24) is 10.3 Å². The number of pyridine rings is 1. The zero-order chi connectivity index (χ0) is 19.2. The maximum absolute atomic E-state index is 13.3. The normalized spacial score (nSPS) is 10.3. The Balaban J connectivity index is 1.69. The van der Waals surface area contributed by atoms with E-state index in [1.54, 1.807) is 24.4 Å². The number of halogens is 1. The molecule has 2 amide bonds. The molecule has 1 heterocycles. The first-order valence-electron chi connectivity index (χ1n) is 8.08. The molecular formula is C20H16FN3O3. The fourth-order valence-electron chi connectivity index (χ4n) is 2.36. The van der Waals surface area contributed by atoms with Crippen molar-refractivity contribution in [3.05, 3.63) is 89.4 Å². The number of rotatable bonds is 6. The highest BCUT2D eigenvalue weighted by atomic mass is 19.1. The molecule has 3 N–H and O–H groups in total. The van der Waals surface area contributed by atoms with Crippen LogP contribution >= 0.6 is 0 Å². The van der Waals surface area contributed by atoms with Crippen LogP contribution in [0.3, 0.4) is 0 Å². The fourth-order valence-corrected chi connectivity index (χ4v) is 2.36. The standard InChI is InChI=1S/C20H16FN3O3/c21-16-4-1-5-17(11-16)27-20-15(3-2-10-23-20)12-24-19(26)14-8-6-13(7-9-14)18(22)25/h1-11H,12H2,(H2,22,25)(H,24,26). The van der Waals surface area contributed by atoms with Crippen molar-refractivity contribution in [3.63, 3.8) is 0 Å². The Hall–Kier alpha value is -3.74. The minimum absolute atomic E-state index is 0.162. The molecule has 0 spiro atoms. The molecular weight excluding hydrogens is 349 g/mol. The van der Waals surface area contributed by atoms with Gasteiger partial charge in [-0.25, -0.2) is 9.37 Å². The number of carbonyl (C=O) groups is 2. The van der Waals surface area contributed by atoms with Crippen LogP contribution in [0.4, 0.5) is 4.39 Å². The average Bonchev–Trinajstić information content (AvgIpc) is 2.67. The Bertz CT molecular complexity index is 974. The summed E-state index contributed by atoms with van der Waals surface area (Å²) in [6, 6.07) is 15.2. The molecule has 3 aromatic rings. The maximum atomic E-state index is 13.3. The summed E-state index contributed by atoms with van der Waals surface area (Å²) >= 11 is 0. The van der Waals surface area contributed by atoms with Gasteiger partial charge in [0.05, 0.1) is 0 Å². The van der Waals surface area contributed by atoms with Crippen LogP contribution in [0.25, 0.3) is 0 Å². The van der Waals surface area contributed by atoms with Gasteiger partial charge >= 0.3 is 0 Å². The van der Waals surface area contributed by atoms with E-state index in [-0.39, 0.29) is 18.3 Å². The lowest BCUT2D eigenvalue weighted by atomic mass is 10.1. The third kappa shape index (κ3) is 4.66. The molecule has 0 aliphatic heterocycles. The fraction of sp³-hybridized carbons (Fsp3) is 0.0500. The van der Waals surface area contributed by atoms with Crippen LogP contribution in [0, 0.1) is 5.82 Å². The molecule has 3 rings (SSSR count). The molecule has 0 aliphatic rings. The molecule has 0 unspecified atom stereocenters. The SMILES string of the molecule is NC(=O)c1ccc(C(=O)NCc2cccnc2Oc2cccc(F)c2)cc1. The third-order valence-electron chi connectivity index (χ3n) is 3.73. The molecule has 27 heavy (non-hydrogen) atoms. The molecule has 136 valence electrons. The van der Waals surface area contributed by atoms with Crippen LogP contribution in [0.1, 0.15) is 26.3 Å². The van der Waals surface area contributed by atoms with E-state index in [4.69, 9.17) is 10.5 Å². The summed E-state index contributed by atoms with van der Waals surface area (Å²) in [6.45, 7) is 0.162. The number of ether oxygens (including phenoxy) is 1. The Kier molecular flexibility index (Phi) is 5.41. The van der Waals surface area contributed by atoms with E-state index in [0.29, 0.717) is 22.4 Å². The molecule has 6 nitrogen and oxygen atoms in total. The second kappa shape index (κ2) is 8.09. The smallest absolute Gasteiger partial charge is 0.251 e. The number of benzene rings is 2. The van der Waals surface area contributed by atoms with E-state index in [2.05, 4.69) is 10.3 Å². The number of hydrogen-bond donors (Lipinski definition) is 2. The molecule has 0 atom stereocenters. The van der Waals surface area contributed by atoms with Crippen molar-refractivity contribution in [2.45, 2.75) is 6.54 Å². The van der Waals surface area contributed by atoms with E-state index in [9.17, 15) is 14.0 Å². The van der Waals surface area contributed by atoms with Crippen LogP contribution in [-0.2, 0) is 6.54 Å². The predicted molar refractivity (Wildman–Crippen MR) is 96.8 cm³/mol. The number of nitrogens with zero attached hydrogens (tertiary/aromatic N) is 1. The predicted octanol–water partition coefficient (Wildman–Crippen LogP) is 3.04. The van der Waals surface area contributed by atoms with Crippen molar-refractivity contribution in [1.29, 1.82) is 0 Å². The van der Waals surface area contributed by atoms with E-state index < -0.39 is 11.7 Å². The highest BCUT2D eigenvalue weighted by Gasteiger charge is 2.11. The van der Waals surface area contributed by atoms with Crippen LogP contribution in [0.2, 0.25) is 0 Å². The number of carbonyl (C=O) groups excluding carboxylic acids is 2. The van der Waals surface area contributed by atoms with Gasteiger partial charge in [-0.1, -0.05) is 12.1 Å². The van der Waals surface area contributed by atoms with Crippen molar-refractivity contribution in [3.8, 4) is 11.6 Å². The lowest BCUT2D eigenvalue weighted by molar-refractivity contribution is 0.0948. The second-order valence-electron chi connectivity index (χ2n) is 5.65. The Morgan fingerprint density at radius 2 is 1.78 bits per heavy atom. The minimum atomic E-state index is -0.559. The molecule has 0 saturated carbocycles. The van der Waals surface area contributed by atoms with E-state index >= 15 is 0 Å². The van der Waals surface area contributed by atoms with Gasteiger partial charge in [0.1, 0.15) is 11.6 Å². The highest BCUT2D eigenvalue weighted by molar-refractivity contribution is 5.97. The van der Waals surface area contributed by atoms with Crippen LogP contribution < -0.4 is 15.8 Å². The van der Waals surface area contributed by atoms with Gasteiger partial charge in [0.25, 0.3) is 5.91 Å². The molecule has 0 radical (unpaired) electrons. The number of aromatic nitrogens is 1. The highest BCUT2D eigenvalue weighted by Crippen LogP contribution is 2.23. The zero-order valence-corrected chi connectivity index (χ0v) is 14.2. The second-order valence-corrected chi connectivity index (χ2v) is 5.65. The summed E-state index contributed by atoms with van der Waals surface area (Å²) in [7, 11) is 0. The lowest BCUT2D eigenvalue weighted by Gasteiger charge is -2.11. The quantitative estimate of drug-likeness (QED) is 0.702. The third-order valence-corrected chi connectivity index (χ3v) is 3.73. The first-order chi connectivity index (χ1) is 13.0. The van der Waals surface area contributed by atoms with Gasteiger partial charge in [0, 0.05) is 35.5 Å². The monoisotopic (exact) mass is 365 g/mol. The molecule has 0 fully saturated rings. The van der Waals surface area contributed by atoms with Crippen LogP contribution in [0.5, 0.6) is 11.6 Å². The van der Waals surface area contributed by atoms with E-state index in [1.165, 1.54) is 42.5 Å². The Morgan fingerprint density at radius 3 is 2.48 bits per heavy atom. The number of amides is 2. The largest absolute Gasteiger partial charge is 0.439 e. The molecule has 7 heteroatoms. The van der Waals surface area contributed by atoms with Crippen molar-refractivity contribution in [2.24, 2.45) is 5.73 Å². The molecule has 1 aromatic heterocycles. The summed E-state index contributed by atoms with van der Waals surface area (Å²) in [5.41, 5.74) is 6.52. The van der Waals surface area contributed by atoms with E-state index in [1.807, 2.05) is 0 Å². The summed E-state index contributed by atoms with van der Waals surface area (Å²) in [5, 5.41) is 2.75. The Labute approximate surface area is 154 Å². The number of hydrogen-bond acceptors (Lipinski definition) is 4. The molecule has 0 aliphatic carbocycles. The summed E-state index contributed by atoms with van der Waals surface area (Å²) in [5.74, 6) is -0.725. The van der Waals surface area contributed by atoms with Gasteiger partial charge < -0.3 is 15.8 Å². The van der Waals surface area contributed by atoms with Gasteiger partial charge in [-0.15, -0.1) is 0 Å². The van der Waals surface area contributed by atoms with Gasteiger partial charge in [0.2, 0.25) is 11.8 Å². The van der Waals surface area contributed by atoms with Gasteiger partial charge in [-0.05, 0) is 42.5 Å². The van der Waals surface area contributed by atoms with E-state index in [0.717, 1.165) is 0 Å². The summed E-state index contributed by atoms with van der Waals surface area (Å²) in [6.07, 6.45) is 1.54. The number of nitrogens with one attached hydrogen (secondary N) is 1. The summed E-state index contributed by atoms with van der Waals surface area (Å²) < 4.78 is 18.9. The van der Waals surface area contributed by atoms with Crippen LogP contribution in [0.15, 0.2) is 66.9 Å². The van der Waals surface area contributed by atoms with Crippen molar-refractivity contribution >= 4 is 11.8 Å². The van der Waals surface area contributed by atoms with Crippen LogP contribution in [-0.4, -0.2) is 16.8 Å². The topological polar surface area (TPSA) is 94.3 Å². The van der Waals surface area contributed by atoms with Gasteiger partial charge in [-0.2, -0.15) is 0 Å². The number of nitrogens with two attached hydrogens (primary N) is 1. The molecule has 0 bridgehead atoms. The Morgan fingerprint density at radius 1 is 1.04 bits per heavy atom. The molecule has 0 saturated heterocycles. The van der Waals surface area contributed by atoms with Gasteiger partial charge in [-0.3, -0.25) is 9.59 Å². The lowest BCUT2D eigenvalue weighted by Crippen LogP contribution is -2.23. The first-order valence-corrected chi connectivity index (χ1v) is 8.08. The van der Waals surface area contributed by atoms with Gasteiger partial charge in [0.15, 0.2) is 0 Å².